The zero-order valence-electron chi connectivity index (χ0n) is 10.8. The van der Waals surface area contributed by atoms with Crippen LogP contribution in [0.3, 0.4) is 0 Å². The molecule has 0 bridgehead atoms. The normalized spacial score (nSPS) is 12.3. The zero-order valence-corrected chi connectivity index (χ0v) is 10.8. The largest absolute Gasteiger partial charge is 0.478 e. The summed E-state index contributed by atoms with van der Waals surface area (Å²) in [5.74, 6) is -0.614. The maximum absolute atomic E-state index is 11.1. The predicted molar refractivity (Wildman–Crippen MR) is 70.4 cm³/mol. The Hall–Kier alpha value is -2.14. The summed E-state index contributed by atoms with van der Waals surface area (Å²) in [5.41, 5.74) is 1.51. The Morgan fingerprint density at radius 1 is 1.37 bits per heavy atom. The van der Waals surface area contributed by atoms with Crippen molar-refractivity contribution in [3.8, 4) is 5.75 Å². The first-order valence-corrected chi connectivity index (χ1v) is 5.86. The van der Waals surface area contributed by atoms with E-state index >= 15 is 0 Å². The second-order valence-electron chi connectivity index (χ2n) is 4.18. The Morgan fingerprint density at radius 2 is 2.16 bits per heavy atom. The Morgan fingerprint density at radius 3 is 2.84 bits per heavy atom. The number of aromatic nitrogens is 1. The number of para-hydroxylation sites is 1. The Bertz CT molecular complexity index is 597. The number of nitrogens with zero attached hydrogens (tertiary/aromatic N) is 1. The molecule has 1 aromatic carbocycles. The number of fused-ring (bicyclic) bond motifs is 1. The second kappa shape index (κ2) is 5.67. The summed E-state index contributed by atoms with van der Waals surface area (Å²) < 4.78 is 10.3. The summed E-state index contributed by atoms with van der Waals surface area (Å²) in [6.07, 6.45) is -1.04. The fourth-order valence-corrected chi connectivity index (χ4v) is 1.77. The number of aryl methyl sites for hydroxylation is 1. The highest BCUT2D eigenvalue weighted by molar-refractivity contribution is 5.85. The number of pyridine rings is 1. The monoisotopic (exact) mass is 261 g/mol. The SMILES string of the molecule is COCC(Oc1cccc2ccc(C)nc12)C(=O)O. The minimum Gasteiger partial charge on any atom is -0.478 e. The molecule has 2 rings (SSSR count). The van der Waals surface area contributed by atoms with Crippen molar-refractivity contribution in [1.82, 2.24) is 4.98 Å². The van der Waals surface area contributed by atoms with E-state index in [0.717, 1.165) is 11.1 Å². The van der Waals surface area contributed by atoms with Gasteiger partial charge >= 0.3 is 5.97 Å². The minimum atomic E-state index is -1.06. The van der Waals surface area contributed by atoms with Gasteiger partial charge < -0.3 is 14.6 Å². The van der Waals surface area contributed by atoms with Crippen molar-refractivity contribution >= 4 is 16.9 Å². The highest BCUT2D eigenvalue weighted by Crippen LogP contribution is 2.24. The molecule has 0 saturated heterocycles. The lowest BCUT2D eigenvalue weighted by Crippen LogP contribution is -2.31. The van der Waals surface area contributed by atoms with Gasteiger partial charge in [-0.2, -0.15) is 0 Å². The molecule has 100 valence electrons. The van der Waals surface area contributed by atoms with Gasteiger partial charge in [-0.15, -0.1) is 0 Å². The average molecular weight is 261 g/mol. The van der Waals surface area contributed by atoms with Gasteiger partial charge in [-0.25, -0.2) is 9.78 Å². The van der Waals surface area contributed by atoms with E-state index in [2.05, 4.69) is 4.98 Å². The van der Waals surface area contributed by atoms with Crippen LogP contribution in [0.15, 0.2) is 30.3 Å². The third-order valence-corrected chi connectivity index (χ3v) is 2.69. The molecule has 1 atom stereocenters. The third kappa shape index (κ3) is 3.00. The maximum atomic E-state index is 11.1. The van der Waals surface area contributed by atoms with Crippen molar-refractivity contribution in [3.05, 3.63) is 36.0 Å². The highest BCUT2D eigenvalue weighted by atomic mass is 16.5. The van der Waals surface area contributed by atoms with Crippen LogP contribution in [-0.4, -0.2) is 35.9 Å². The van der Waals surface area contributed by atoms with E-state index in [1.807, 2.05) is 25.1 Å². The lowest BCUT2D eigenvalue weighted by molar-refractivity contribution is -0.147. The topological polar surface area (TPSA) is 68.7 Å². The number of aliphatic carboxylic acids is 1. The van der Waals surface area contributed by atoms with E-state index in [-0.39, 0.29) is 6.61 Å². The molecule has 5 nitrogen and oxygen atoms in total. The molecule has 1 aromatic heterocycles. The molecule has 0 aliphatic rings. The third-order valence-electron chi connectivity index (χ3n) is 2.69. The Kier molecular flexibility index (Phi) is 3.97. The molecule has 0 radical (unpaired) electrons. The molecule has 1 unspecified atom stereocenters. The van der Waals surface area contributed by atoms with Crippen LogP contribution in [-0.2, 0) is 9.53 Å². The summed E-state index contributed by atoms with van der Waals surface area (Å²) in [6.45, 7) is 1.86. The summed E-state index contributed by atoms with van der Waals surface area (Å²) in [7, 11) is 1.44. The Labute approximate surface area is 110 Å². The van der Waals surface area contributed by atoms with E-state index in [0.29, 0.717) is 11.3 Å². The molecule has 2 aromatic rings. The van der Waals surface area contributed by atoms with E-state index in [1.165, 1.54) is 7.11 Å². The summed E-state index contributed by atoms with van der Waals surface area (Å²) in [6, 6.07) is 9.24. The molecule has 1 N–H and O–H groups in total. The van der Waals surface area contributed by atoms with Crippen LogP contribution in [0, 0.1) is 6.92 Å². The van der Waals surface area contributed by atoms with Gasteiger partial charge in [0.2, 0.25) is 6.10 Å². The van der Waals surface area contributed by atoms with Crippen LogP contribution in [0.25, 0.3) is 10.9 Å². The number of hydrogen-bond acceptors (Lipinski definition) is 4. The van der Waals surface area contributed by atoms with Crippen LogP contribution in [0.1, 0.15) is 5.69 Å². The standard InChI is InChI=1S/C14H15NO4/c1-9-6-7-10-4-3-5-11(13(10)15-9)19-12(8-18-2)14(16)17/h3-7,12H,8H2,1-2H3,(H,16,17). The van der Waals surface area contributed by atoms with E-state index < -0.39 is 12.1 Å². The fourth-order valence-electron chi connectivity index (χ4n) is 1.77. The summed E-state index contributed by atoms with van der Waals surface area (Å²) >= 11 is 0. The van der Waals surface area contributed by atoms with Crippen LogP contribution in [0.4, 0.5) is 0 Å². The van der Waals surface area contributed by atoms with Crippen molar-refractivity contribution in [2.45, 2.75) is 13.0 Å². The van der Waals surface area contributed by atoms with E-state index in [9.17, 15) is 4.79 Å². The minimum absolute atomic E-state index is 0.0163. The van der Waals surface area contributed by atoms with Crippen LogP contribution in [0.2, 0.25) is 0 Å². The van der Waals surface area contributed by atoms with Crippen molar-refractivity contribution in [3.63, 3.8) is 0 Å². The van der Waals surface area contributed by atoms with E-state index in [1.54, 1.807) is 12.1 Å². The van der Waals surface area contributed by atoms with E-state index in [4.69, 9.17) is 14.6 Å². The number of benzene rings is 1. The molecule has 0 aliphatic heterocycles. The summed E-state index contributed by atoms with van der Waals surface area (Å²) in [5, 5.41) is 9.97. The molecular weight excluding hydrogens is 246 g/mol. The number of hydrogen-bond donors (Lipinski definition) is 1. The smallest absolute Gasteiger partial charge is 0.347 e. The number of carbonyl (C=O) groups is 1. The van der Waals surface area contributed by atoms with Gasteiger partial charge in [0, 0.05) is 18.2 Å². The molecule has 0 aliphatic carbocycles. The van der Waals surface area contributed by atoms with Gasteiger partial charge in [-0.3, -0.25) is 0 Å². The molecular formula is C14H15NO4. The molecule has 0 spiro atoms. The van der Waals surface area contributed by atoms with Crippen molar-refractivity contribution < 1.29 is 19.4 Å². The van der Waals surface area contributed by atoms with Crippen LogP contribution < -0.4 is 4.74 Å². The van der Waals surface area contributed by atoms with Gasteiger partial charge in [0.25, 0.3) is 0 Å². The molecule has 1 heterocycles. The van der Waals surface area contributed by atoms with Crippen molar-refractivity contribution in [2.75, 3.05) is 13.7 Å². The first-order chi connectivity index (χ1) is 9.11. The maximum Gasteiger partial charge on any atom is 0.347 e. The lowest BCUT2D eigenvalue weighted by Gasteiger charge is -2.15. The zero-order chi connectivity index (χ0) is 13.8. The second-order valence-corrected chi connectivity index (χ2v) is 4.18. The van der Waals surface area contributed by atoms with Gasteiger partial charge in [0.15, 0.2) is 0 Å². The van der Waals surface area contributed by atoms with Gasteiger partial charge in [0.1, 0.15) is 11.3 Å². The number of carboxylic acids is 1. The quantitative estimate of drug-likeness (QED) is 0.891. The molecule has 0 saturated carbocycles. The van der Waals surface area contributed by atoms with Gasteiger partial charge in [0.05, 0.1) is 6.61 Å². The average Bonchev–Trinajstić information content (AvgIpc) is 2.38. The van der Waals surface area contributed by atoms with Crippen molar-refractivity contribution in [2.24, 2.45) is 0 Å². The predicted octanol–water partition coefficient (Wildman–Crippen LogP) is 2.02. The van der Waals surface area contributed by atoms with Gasteiger partial charge in [-0.1, -0.05) is 18.2 Å². The van der Waals surface area contributed by atoms with Crippen LogP contribution in [0.5, 0.6) is 5.75 Å². The van der Waals surface area contributed by atoms with Crippen LogP contribution >= 0.6 is 0 Å². The fraction of sp³-hybridized carbons (Fsp3) is 0.286. The number of carboxylic acid groups (broad SMARTS) is 1. The number of rotatable bonds is 5. The van der Waals surface area contributed by atoms with Gasteiger partial charge in [-0.05, 0) is 19.1 Å². The number of ether oxygens (including phenoxy) is 2. The first kappa shape index (κ1) is 13.3. The van der Waals surface area contributed by atoms with Crippen molar-refractivity contribution in [1.29, 1.82) is 0 Å². The lowest BCUT2D eigenvalue weighted by atomic mass is 10.2. The first-order valence-electron chi connectivity index (χ1n) is 5.86. The molecule has 5 heteroatoms. The highest BCUT2D eigenvalue weighted by Gasteiger charge is 2.20. The summed E-state index contributed by atoms with van der Waals surface area (Å²) in [4.78, 5) is 15.5. The molecule has 0 fully saturated rings. The molecule has 19 heavy (non-hydrogen) atoms. The molecule has 0 amide bonds. The number of methoxy groups -OCH3 is 1. The Balaban J connectivity index is 2.38.